The molecule has 1 aliphatic heterocycles. The summed E-state index contributed by atoms with van der Waals surface area (Å²) in [4.78, 5) is 10.8. The van der Waals surface area contributed by atoms with Crippen molar-refractivity contribution in [3.05, 3.63) is 58.2 Å². The second-order valence-electron chi connectivity index (χ2n) is 9.21. The third kappa shape index (κ3) is 7.93. The fraction of sp³-hybridized carbons (Fsp3) is 0.519. The van der Waals surface area contributed by atoms with Crippen LogP contribution in [0.1, 0.15) is 83.8 Å². The van der Waals surface area contributed by atoms with Crippen molar-refractivity contribution in [1.82, 2.24) is 0 Å². The Morgan fingerprint density at radius 3 is 2.32 bits per heavy atom. The number of aliphatic carboxylic acids is 1. The number of benzene rings is 1. The molecule has 31 heavy (non-hydrogen) atoms. The molecule has 1 aliphatic rings. The van der Waals surface area contributed by atoms with Gasteiger partial charge in [-0.3, -0.25) is 0 Å². The largest absolute Gasteiger partial charge is 0.508 e. The summed E-state index contributed by atoms with van der Waals surface area (Å²) in [5.74, 6) is 0.424. The van der Waals surface area contributed by atoms with Gasteiger partial charge in [0.05, 0.1) is 0 Å². The van der Waals surface area contributed by atoms with Crippen LogP contribution in [0, 0.1) is 6.92 Å². The van der Waals surface area contributed by atoms with Gasteiger partial charge in [-0.25, -0.2) is 4.79 Å². The lowest BCUT2D eigenvalue weighted by molar-refractivity contribution is -0.132. The molecule has 0 radical (unpaired) electrons. The Bertz CT molecular complexity index is 875. The van der Waals surface area contributed by atoms with Gasteiger partial charge in [0, 0.05) is 5.57 Å². The molecule has 0 amide bonds. The molecule has 0 fully saturated rings. The van der Waals surface area contributed by atoms with Gasteiger partial charge in [0.1, 0.15) is 17.1 Å². The lowest BCUT2D eigenvalue weighted by atomic mass is 9.87. The number of phenolic OH excluding ortho intramolecular Hbond substituents is 1. The zero-order chi connectivity index (χ0) is 23.0. The third-order valence-corrected chi connectivity index (χ3v) is 6.13. The molecule has 0 aliphatic carbocycles. The van der Waals surface area contributed by atoms with Gasteiger partial charge in [0.2, 0.25) is 0 Å². The summed E-state index contributed by atoms with van der Waals surface area (Å²) in [6.45, 7) is 10.1. The van der Waals surface area contributed by atoms with Crippen LogP contribution in [0.2, 0.25) is 0 Å². The summed E-state index contributed by atoms with van der Waals surface area (Å²) in [5, 5.41) is 18.7. The average Bonchev–Trinajstić information content (AvgIpc) is 2.68. The summed E-state index contributed by atoms with van der Waals surface area (Å²) in [5.41, 5.74) is 5.07. The van der Waals surface area contributed by atoms with E-state index in [-0.39, 0.29) is 5.60 Å². The Hall–Kier alpha value is -2.49. The zero-order valence-electron chi connectivity index (χ0n) is 19.8. The number of phenols is 1. The molecular formula is C27H38O4. The van der Waals surface area contributed by atoms with E-state index in [9.17, 15) is 9.90 Å². The fourth-order valence-electron chi connectivity index (χ4n) is 4.01. The van der Waals surface area contributed by atoms with Gasteiger partial charge >= 0.3 is 5.97 Å². The Kier molecular flexibility index (Phi) is 8.97. The van der Waals surface area contributed by atoms with Crippen molar-refractivity contribution in [3.63, 3.8) is 0 Å². The number of carboxylic acid groups (broad SMARTS) is 1. The van der Waals surface area contributed by atoms with Crippen molar-refractivity contribution >= 4 is 5.97 Å². The van der Waals surface area contributed by atoms with Crippen LogP contribution in [0.25, 0.3) is 0 Å². The average molecular weight is 427 g/mol. The molecule has 1 atom stereocenters. The number of allylic oxidation sites excluding steroid dienone is 5. The first kappa shape index (κ1) is 24.8. The highest BCUT2D eigenvalue weighted by molar-refractivity contribution is 5.85. The molecule has 4 heteroatoms. The highest BCUT2D eigenvalue weighted by Crippen LogP contribution is 2.39. The Morgan fingerprint density at radius 1 is 1.06 bits per heavy atom. The number of ether oxygens (including phenoxy) is 1. The van der Waals surface area contributed by atoms with Crippen LogP contribution in [0.3, 0.4) is 0 Å². The van der Waals surface area contributed by atoms with E-state index in [0.29, 0.717) is 11.3 Å². The predicted octanol–water partition coefficient (Wildman–Crippen LogP) is 7.05. The highest BCUT2D eigenvalue weighted by Gasteiger charge is 2.31. The molecular weight excluding hydrogens is 388 g/mol. The minimum absolute atomic E-state index is 0.163. The van der Waals surface area contributed by atoms with E-state index >= 15 is 0 Å². The second kappa shape index (κ2) is 11.2. The van der Waals surface area contributed by atoms with Crippen LogP contribution >= 0.6 is 0 Å². The summed E-state index contributed by atoms with van der Waals surface area (Å²) >= 11 is 0. The van der Waals surface area contributed by atoms with Crippen LogP contribution in [0.15, 0.2) is 47.1 Å². The van der Waals surface area contributed by atoms with E-state index in [1.54, 1.807) is 19.1 Å². The first-order chi connectivity index (χ1) is 14.6. The molecule has 0 bridgehead atoms. The Morgan fingerprint density at radius 2 is 1.68 bits per heavy atom. The topological polar surface area (TPSA) is 66.8 Å². The molecule has 0 saturated carbocycles. The molecule has 0 spiro atoms. The number of aromatic hydroxyl groups is 1. The summed E-state index contributed by atoms with van der Waals surface area (Å²) < 4.78 is 6.38. The van der Waals surface area contributed by atoms with Crippen molar-refractivity contribution < 1.29 is 19.7 Å². The molecule has 4 nitrogen and oxygen atoms in total. The third-order valence-electron chi connectivity index (χ3n) is 6.13. The number of hydrogen-bond acceptors (Lipinski definition) is 3. The van der Waals surface area contributed by atoms with Crippen molar-refractivity contribution in [1.29, 1.82) is 0 Å². The number of rotatable bonds is 10. The van der Waals surface area contributed by atoms with Gasteiger partial charge in [-0.2, -0.15) is 0 Å². The maximum atomic E-state index is 10.8. The van der Waals surface area contributed by atoms with Gasteiger partial charge in [-0.1, -0.05) is 29.4 Å². The predicted molar refractivity (Wildman–Crippen MR) is 127 cm³/mol. The summed E-state index contributed by atoms with van der Waals surface area (Å²) in [6.07, 6.45) is 14.0. The van der Waals surface area contributed by atoms with Crippen molar-refractivity contribution in [2.75, 3.05) is 0 Å². The van der Waals surface area contributed by atoms with Crippen molar-refractivity contribution in [2.24, 2.45) is 0 Å². The van der Waals surface area contributed by atoms with E-state index in [0.717, 1.165) is 68.2 Å². The fourth-order valence-corrected chi connectivity index (χ4v) is 4.01. The number of fused-ring (bicyclic) bond motifs is 1. The lowest BCUT2D eigenvalue weighted by Crippen LogP contribution is -2.36. The monoisotopic (exact) mass is 426 g/mol. The summed E-state index contributed by atoms with van der Waals surface area (Å²) in [6, 6.07) is 3.60. The molecule has 0 aromatic heterocycles. The van der Waals surface area contributed by atoms with E-state index in [1.807, 2.05) is 13.0 Å². The van der Waals surface area contributed by atoms with Crippen LogP contribution < -0.4 is 4.74 Å². The first-order valence-corrected chi connectivity index (χ1v) is 11.3. The number of hydrogen-bond donors (Lipinski definition) is 2. The first-order valence-electron chi connectivity index (χ1n) is 11.3. The Labute approximate surface area is 187 Å². The van der Waals surface area contributed by atoms with Crippen LogP contribution in [0.4, 0.5) is 0 Å². The maximum Gasteiger partial charge on any atom is 0.330 e. The van der Waals surface area contributed by atoms with Gasteiger partial charge in [0.15, 0.2) is 0 Å². The van der Waals surface area contributed by atoms with E-state index in [1.165, 1.54) is 11.1 Å². The van der Waals surface area contributed by atoms with Gasteiger partial charge in [0.25, 0.3) is 0 Å². The zero-order valence-corrected chi connectivity index (χ0v) is 19.8. The number of carbonyl (C=O) groups is 1. The second-order valence-corrected chi connectivity index (χ2v) is 9.21. The van der Waals surface area contributed by atoms with E-state index in [2.05, 4.69) is 32.9 Å². The molecule has 0 saturated heterocycles. The smallest absolute Gasteiger partial charge is 0.330 e. The van der Waals surface area contributed by atoms with E-state index < -0.39 is 5.97 Å². The molecule has 0 unspecified atom stereocenters. The molecule has 1 heterocycles. The quantitative estimate of drug-likeness (QED) is 0.311. The standard InChI is InChI=1S/C27H38O4/c1-19(11-7-13-21(3)26(29)30)9-6-10-20(2)12-8-15-27(5)16-14-23-18-24(28)17-22(4)25(23)31-27/h9,12-13,17-18,28H,6-8,10-11,14-16H2,1-5H3,(H,29,30)/b19-9-,20-12+,21-13-/t27-/m1/s1. The number of aryl methyl sites for hydroxylation is 2. The van der Waals surface area contributed by atoms with Crippen molar-refractivity contribution in [2.45, 2.75) is 91.6 Å². The van der Waals surface area contributed by atoms with Gasteiger partial charge < -0.3 is 14.9 Å². The van der Waals surface area contributed by atoms with Crippen LogP contribution in [-0.2, 0) is 11.2 Å². The highest BCUT2D eigenvalue weighted by atomic mass is 16.5. The Balaban J connectivity index is 1.77. The normalized spacial score (nSPS) is 19.7. The molecule has 1 aromatic carbocycles. The van der Waals surface area contributed by atoms with Crippen LogP contribution in [-0.4, -0.2) is 21.8 Å². The maximum absolute atomic E-state index is 10.8. The van der Waals surface area contributed by atoms with Gasteiger partial charge in [-0.05, 0) is 109 Å². The van der Waals surface area contributed by atoms with Crippen LogP contribution in [0.5, 0.6) is 11.5 Å². The van der Waals surface area contributed by atoms with Gasteiger partial charge in [-0.15, -0.1) is 0 Å². The number of carboxylic acids is 1. The SMILES string of the molecule is C/C(=C/CC/C(C)=C/CC[C@]1(C)CCc2cc(O)cc(C)c2O1)CC/C=C(/C)C(=O)O. The molecule has 1 aromatic rings. The molecule has 2 N–H and O–H groups in total. The minimum Gasteiger partial charge on any atom is -0.508 e. The molecule has 2 rings (SSSR count). The van der Waals surface area contributed by atoms with E-state index in [4.69, 9.17) is 9.84 Å². The molecule has 170 valence electrons. The summed E-state index contributed by atoms with van der Waals surface area (Å²) in [7, 11) is 0. The van der Waals surface area contributed by atoms with Crippen molar-refractivity contribution in [3.8, 4) is 11.5 Å². The minimum atomic E-state index is -0.839. The lowest BCUT2D eigenvalue weighted by Gasteiger charge is -2.36.